The van der Waals surface area contributed by atoms with Crippen LogP contribution in [0.1, 0.15) is 52.4 Å². The zero-order chi connectivity index (χ0) is 14.5. The third-order valence-corrected chi connectivity index (χ3v) is 4.26. The molecule has 19 heavy (non-hydrogen) atoms. The van der Waals surface area contributed by atoms with Crippen LogP contribution in [0.15, 0.2) is 0 Å². The number of carboxylic acid groups (broad SMARTS) is 1. The lowest BCUT2D eigenvalue weighted by Gasteiger charge is -2.40. The molecule has 1 unspecified atom stereocenters. The summed E-state index contributed by atoms with van der Waals surface area (Å²) in [4.78, 5) is 25.3. The summed E-state index contributed by atoms with van der Waals surface area (Å²) in [7, 11) is 0. The van der Waals surface area contributed by atoms with Crippen molar-refractivity contribution in [2.75, 3.05) is 13.1 Å². The van der Waals surface area contributed by atoms with E-state index < -0.39 is 11.4 Å². The molecular formula is C14H26N2O3. The van der Waals surface area contributed by atoms with Gasteiger partial charge >= 0.3 is 5.97 Å². The molecule has 0 aromatic carbocycles. The lowest BCUT2D eigenvalue weighted by Crippen LogP contribution is -2.52. The van der Waals surface area contributed by atoms with Crippen molar-refractivity contribution in [1.29, 1.82) is 0 Å². The van der Waals surface area contributed by atoms with Crippen LogP contribution in [0, 0.1) is 5.41 Å². The maximum Gasteiger partial charge on any atom is 0.305 e. The van der Waals surface area contributed by atoms with Gasteiger partial charge in [0.1, 0.15) is 0 Å². The van der Waals surface area contributed by atoms with Gasteiger partial charge < -0.3 is 15.7 Å². The van der Waals surface area contributed by atoms with E-state index in [0.29, 0.717) is 13.1 Å². The smallest absolute Gasteiger partial charge is 0.305 e. The zero-order valence-electron chi connectivity index (χ0n) is 12.0. The molecule has 0 spiro atoms. The lowest BCUT2D eigenvalue weighted by molar-refractivity contribution is -0.147. The van der Waals surface area contributed by atoms with Crippen LogP contribution in [0.25, 0.3) is 0 Å². The van der Waals surface area contributed by atoms with Gasteiger partial charge in [0.2, 0.25) is 5.91 Å². The molecule has 1 amide bonds. The van der Waals surface area contributed by atoms with E-state index in [1.807, 2.05) is 6.92 Å². The summed E-state index contributed by atoms with van der Waals surface area (Å²) in [6, 6.07) is -0.277. The van der Waals surface area contributed by atoms with Gasteiger partial charge in [-0.15, -0.1) is 0 Å². The molecule has 0 aromatic rings. The van der Waals surface area contributed by atoms with Gasteiger partial charge in [-0.2, -0.15) is 0 Å². The van der Waals surface area contributed by atoms with Crippen molar-refractivity contribution in [3.05, 3.63) is 0 Å². The lowest BCUT2D eigenvalue weighted by atomic mass is 9.73. The SMILES string of the molecule is CCN(C(=O)C1(CN)CCCCC1)C(C)CC(=O)O. The third-order valence-electron chi connectivity index (χ3n) is 4.26. The summed E-state index contributed by atoms with van der Waals surface area (Å²) in [6.07, 6.45) is 4.88. The van der Waals surface area contributed by atoms with Gasteiger partial charge in [0.25, 0.3) is 0 Å². The number of hydrogen-bond donors (Lipinski definition) is 2. The van der Waals surface area contributed by atoms with E-state index in [9.17, 15) is 9.59 Å². The van der Waals surface area contributed by atoms with E-state index in [1.165, 1.54) is 0 Å². The predicted molar refractivity (Wildman–Crippen MR) is 73.7 cm³/mol. The standard InChI is InChI=1S/C14H26N2O3/c1-3-16(11(2)9-12(17)18)13(19)14(10-15)7-5-4-6-8-14/h11H,3-10,15H2,1-2H3,(H,17,18). The summed E-state index contributed by atoms with van der Waals surface area (Å²) in [5, 5.41) is 8.88. The van der Waals surface area contributed by atoms with Gasteiger partial charge in [0.05, 0.1) is 11.8 Å². The first-order valence-corrected chi connectivity index (χ1v) is 7.20. The van der Waals surface area contributed by atoms with Crippen molar-refractivity contribution >= 4 is 11.9 Å². The fourth-order valence-corrected chi connectivity index (χ4v) is 3.06. The van der Waals surface area contributed by atoms with Crippen LogP contribution in [0.2, 0.25) is 0 Å². The maximum absolute atomic E-state index is 12.8. The molecule has 3 N–H and O–H groups in total. The molecule has 0 saturated heterocycles. The van der Waals surface area contributed by atoms with Crippen LogP contribution in [-0.2, 0) is 9.59 Å². The first kappa shape index (κ1) is 16.0. The fraction of sp³-hybridized carbons (Fsp3) is 0.857. The van der Waals surface area contributed by atoms with E-state index in [1.54, 1.807) is 11.8 Å². The van der Waals surface area contributed by atoms with Gasteiger partial charge in [-0.25, -0.2) is 0 Å². The number of aliphatic carboxylic acids is 1. The highest BCUT2D eigenvalue weighted by Crippen LogP contribution is 2.37. The van der Waals surface area contributed by atoms with Crippen LogP contribution < -0.4 is 5.73 Å². The van der Waals surface area contributed by atoms with Crippen LogP contribution >= 0.6 is 0 Å². The van der Waals surface area contributed by atoms with E-state index >= 15 is 0 Å². The average Bonchev–Trinajstić information content (AvgIpc) is 2.39. The van der Waals surface area contributed by atoms with Crippen molar-refractivity contribution < 1.29 is 14.7 Å². The monoisotopic (exact) mass is 270 g/mol. The van der Waals surface area contributed by atoms with Crippen molar-refractivity contribution in [2.45, 2.75) is 58.4 Å². The van der Waals surface area contributed by atoms with E-state index in [4.69, 9.17) is 10.8 Å². The normalized spacial score (nSPS) is 19.7. The number of hydrogen-bond acceptors (Lipinski definition) is 3. The van der Waals surface area contributed by atoms with Crippen LogP contribution in [0.5, 0.6) is 0 Å². The molecule has 0 bridgehead atoms. The molecule has 1 rings (SSSR count). The Bertz CT molecular complexity index is 325. The Balaban J connectivity index is 2.83. The predicted octanol–water partition coefficient (Wildman–Crippen LogP) is 1.61. The molecule has 1 fully saturated rings. The Morgan fingerprint density at radius 1 is 1.32 bits per heavy atom. The molecule has 0 aliphatic heterocycles. The Morgan fingerprint density at radius 2 is 1.89 bits per heavy atom. The van der Waals surface area contributed by atoms with Crippen molar-refractivity contribution in [1.82, 2.24) is 4.90 Å². The Kier molecular flexibility index (Phi) is 5.79. The number of carbonyl (C=O) groups is 2. The molecule has 5 nitrogen and oxygen atoms in total. The molecule has 0 aromatic heterocycles. The van der Waals surface area contributed by atoms with E-state index in [-0.39, 0.29) is 18.4 Å². The second kappa shape index (κ2) is 6.89. The number of nitrogens with zero attached hydrogens (tertiary/aromatic N) is 1. The minimum absolute atomic E-state index is 0.0137. The number of amides is 1. The summed E-state index contributed by atoms with van der Waals surface area (Å²) in [5.41, 5.74) is 5.41. The molecule has 1 saturated carbocycles. The van der Waals surface area contributed by atoms with Crippen LogP contribution in [-0.4, -0.2) is 41.0 Å². The maximum atomic E-state index is 12.8. The minimum atomic E-state index is -0.871. The first-order valence-electron chi connectivity index (χ1n) is 7.20. The molecular weight excluding hydrogens is 244 g/mol. The highest BCUT2D eigenvalue weighted by atomic mass is 16.4. The summed E-state index contributed by atoms with van der Waals surface area (Å²) >= 11 is 0. The highest BCUT2D eigenvalue weighted by Gasteiger charge is 2.41. The molecule has 1 aliphatic rings. The Morgan fingerprint density at radius 3 is 2.32 bits per heavy atom. The molecule has 0 radical (unpaired) electrons. The van der Waals surface area contributed by atoms with Gasteiger partial charge in [0.15, 0.2) is 0 Å². The zero-order valence-corrected chi connectivity index (χ0v) is 12.0. The van der Waals surface area contributed by atoms with Gasteiger partial charge in [-0.1, -0.05) is 19.3 Å². The van der Waals surface area contributed by atoms with Crippen molar-refractivity contribution in [3.8, 4) is 0 Å². The molecule has 0 heterocycles. The quantitative estimate of drug-likeness (QED) is 0.768. The van der Waals surface area contributed by atoms with Crippen molar-refractivity contribution in [2.24, 2.45) is 11.1 Å². The number of nitrogens with two attached hydrogens (primary N) is 1. The largest absolute Gasteiger partial charge is 0.481 e. The van der Waals surface area contributed by atoms with Crippen LogP contribution in [0.4, 0.5) is 0 Å². The number of carboxylic acids is 1. The summed E-state index contributed by atoms with van der Waals surface area (Å²) in [6.45, 7) is 4.59. The number of rotatable bonds is 6. The summed E-state index contributed by atoms with van der Waals surface area (Å²) < 4.78 is 0. The second-order valence-corrected chi connectivity index (χ2v) is 5.58. The molecule has 110 valence electrons. The minimum Gasteiger partial charge on any atom is -0.481 e. The van der Waals surface area contributed by atoms with Crippen LogP contribution in [0.3, 0.4) is 0 Å². The number of carbonyl (C=O) groups excluding carboxylic acids is 1. The molecule has 5 heteroatoms. The Labute approximate surface area is 115 Å². The molecule has 1 aliphatic carbocycles. The van der Waals surface area contributed by atoms with E-state index in [0.717, 1.165) is 32.1 Å². The average molecular weight is 270 g/mol. The van der Waals surface area contributed by atoms with E-state index in [2.05, 4.69) is 0 Å². The van der Waals surface area contributed by atoms with Gasteiger partial charge in [0, 0.05) is 19.1 Å². The molecule has 1 atom stereocenters. The highest BCUT2D eigenvalue weighted by molar-refractivity contribution is 5.84. The van der Waals surface area contributed by atoms with Crippen molar-refractivity contribution in [3.63, 3.8) is 0 Å². The van der Waals surface area contributed by atoms with Gasteiger partial charge in [-0.3, -0.25) is 9.59 Å². The third kappa shape index (κ3) is 3.69. The van der Waals surface area contributed by atoms with Gasteiger partial charge in [-0.05, 0) is 26.7 Å². The fourth-order valence-electron chi connectivity index (χ4n) is 3.06. The first-order chi connectivity index (χ1) is 8.96. The summed E-state index contributed by atoms with van der Waals surface area (Å²) in [5.74, 6) is -0.824. The topological polar surface area (TPSA) is 83.6 Å². The Hall–Kier alpha value is -1.10. The second-order valence-electron chi connectivity index (χ2n) is 5.58.